The number of carbonyl (C=O) groups excluding carboxylic acids is 1. The van der Waals surface area contributed by atoms with Gasteiger partial charge in [0.2, 0.25) is 0 Å². The average molecular weight is 300 g/mol. The van der Waals surface area contributed by atoms with E-state index in [-0.39, 0.29) is 5.91 Å². The van der Waals surface area contributed by atoms with Crippen LogP contribution in [-0.2, 0) is 6.54 Å². The van der Waals surface area contributed by atoms with Gasteiger partial charge in [-0.2, -0.15) is 0 Å². The number of carbonyl (C=O) groups is 1. The minimum atomic E-state index is -0.540. The van der Waals surface area contributed by atoms with Crippen molar-refractivity contribution in [3.05, 3.63) is 60.1 Å². The fourth-order valence-corrected chi connectivity index (χ4v) is 2.79. The van der Waals surface area contributed by atoms with Crippen LogP contribution in [0.25, 0.3) is 0 Å². The van der Waals surface area contributed by atoms with E-state index in [9.17, 15) is 9.90 Å². The molecule has 2 aromatic rings. The molecule has 1 aliphatic heterocycles. The van der Waals surface area contributed by atoms with Gasteiger partial charge in [-0.1, -0.05) is 30.3 Å². The highest BCUT2D eigenvalue weighted by Gasteiger charge is 2.25. The second kappa shape index (κ2) is 6.77. The summed E-state index contributed by atoms with van der Waals surface area (Å²) >= 11 is 0. The molecule has 0 saturated carbocycles. The molecule has 0 radical (unpaired) electrons. The maximum absolute atomic E-state index is 12.4. The van der Waals surface area contributed by atoms with Gasteiger partial charge in [-0.3, -0.25) is 9.69 Å². The second-order valence-corrected chi connectivity index (χ2v) is 5.64. The summed E-state index contributed by atoms with van der Waals surface area (Å²) in [6.45, 7) is 3.06. The van der Waals surface area contributed by atoms with Crippen LogP contribution < -0.4 is 0 Å². The summed E-state index contributed by atoms with van der Waals surface area (Å²) in [4.78, 5) is 16.2. The maximum atomic E-state index is 12.4. The fraction of sp³-hybridized carbons (Fsp3) is 0.353. The van der Waals surface area contributed by atoms with Crippen LogP contribution >= 0.6 is 0 Å². The van der Waals surface area contributed by atoms with E-state index in [0.29, 0.717) is 25.2 Å². The Hall–Kier alpha value is -2.11. The van der Waals surface area contributed by atoms with Gasteiger partial charge in [0.25, 0.3) is 5.91 Å². The zero-order valence-corrected chi connectivity index (χ0v) is 12.4. The highest BCUT2D eigenvalue weighted by atomic mass is 16.3. The largest absolute Gasteiger partial charge is 0.472 e. The molecule has 0 aliphatic carbocycles. The zero-order chi connectivity index (χ0) is 15.4. The number of aliphatic hydroxyl groups excluding tert-OH is 1. The molecule has 5 heteroatoms. The first-order chi connectivity index (χ1) is 10.7. The molecule has 3 rings (SSSR count). The number of hydrogen-bond donors (Lipinski definition) is 1. The Morgan fingerprint density at radius 1 is 1.18 bits per heavy atom. The van der Waals surface area contributed by atoms with Gasteiger partial charge in [-0.05, 0) is 11.6 Å². The number of benzene rings is 1. The molecule has 1 N–H and O–H groups in total. The highest BCUT2D eigenvalue weighted by molar-refractivity contribution is 5.93. The molecular formula is C17H20N2O3. The van der Waals surface area contributed by atoms with E-state index < -0.39 is 6.10 Å². The number of rotatable bonds is 3. The van der Waals surface area contributed by atoms with Crippen LogP contribution in [0.2, 0.25) is 0 Å². The molecule has 1 saturated heterocycles. The third-order valence-electron chi connectivity index (χ3n) is 3.89. The van der Waals surface area contributed by atoms with Gasteiger partial charge >= 0.3 is 0 Å². The molecule has 116 valence electrons. The second-order valence-electron chi connectivity index (χ2n) is 5.64. The molecular weight excluding hydrogens is 280 g/mol. The van der Waals surface area contributed by atoms with Gasteiger partial charge in [0.05, 0.1) is 17.9 Å². The molecule has 1 aliphatic rings. The molecule has 0 spiro atoms. The lowest BCUT2D eigenvalue weighted by atomic mass is 10.2. The van der Waals surface area contributed by atoms with Crippen molar-refractivity contribution in [3.63, 3.8) is 0 Å². The standard InChI is InChI=1S/C17H20N2O3/c20-16-11-18(10-14-4-2-1-3-5-14)7-8-19(12-16)17(21)15-6-9-22-13-15/h1-6,9,13,16,20H,7-8,10-12H2. The van der Waals surface area contributed by atoms with Gasteiger partial charge in [0.1, 0.15) is 6.26 Å². The van der Waals surface area contributed by atoms with E-state index in [1.807, 2.05) is 18.2 Å². The monoisotopic (exact) mass is 300 g/mol. The predicted molar refractivity (Wildman–Crippen MR) is 82.3 cm³/mol. The molecule has 1 atom stereocenters. The van der Waals surface area contributed by atoms with Crippen molar-refractivity contribution in [3.8, 4) is 0 Å². The third-order valence-corrected chi connectivity index (χ3v) is 3.89. The summed E-state index contributed by atoms with van der Waals surface area (Å²) in [5.74, 6) is -0.0886. The topological polar surface area (TPSA) is 56.9 Å². The summed E-state index contributed by atoms with van der Waals surface area (Å²) in [6, 6.07) is 11.8. The number of furan rings is 1. The fourth-order valence-electron chi connectivity index (χ4n) is 2.79. The quantitative estimate of drug-likeness (QED) is 0.935. The third kappa shape index (κ3) is 3.55. The van der Waals surface area contributed by atoms with Gasteiger partial charge < -0.3 is 14.4 Å². The molecule has 1 aromatic carbocycles. The highest BCUT2D eigenvalue weighted by Crippen LogP contribution is 2.12. The van der Waals surface area contributed by atoms with Crippen molar-refractivity contribution >= 4 is 5.91 Å². The Kier molecular flexibility index (Phi) is 4.56. The lowest BCUT2D eigenvalue weighted by Crippen LogP contribution is -2.37. The molecule has 2 heterocycles. The van der Waals surface area contributed by atoms with E-state index in [1.54, 1.807) is 11.0 Å². The Bertz CT molecular complexity index is 598. The minimum absolute atomic E-state index is 0.0886. The Labute approximate surface area is 129 Å². The van der Waals surface area contributed by atoms with Crippen molar-refractivity contribution in [2.45, 2.75) is 12.6 Å². The molecule has 1 aromatic heterocycles. The van der Waals surface area contributed by atoms with Crippen molar-refractivity contribution in [2.75, 3.05) is 26.2 Å². The van der Waals surface area contributed by atoms with Crippen LogP contribution in [0.4, 0.5) is 0 Å². The van der Waals surface area contributed by atoms with Crippen LogP contribution in [-0.4, -0.2) is 53.1 Å². The first-order valence-corrected chi connectivity index (χ1v) is 7.48. The Morgan fingerprint density at radius 2 is 2.00 bits per heavy atom. The average Bonchev–Trinajstić information content (AvgIpc) is 2.99. The molecule has 1 unspecified atom stereocenters. The smallest absolute Gasteiger partial charge is 0.257 e. The summed E-state index contributed by atoms with van der Waals surface area (Å²) in [7, 11) is 0. The Balaban J connectivity index is 1.64. The van der Waals surface area contributed by atoms with Gasteiger partial charge in [0, 0.05) is 32.7 Å². The normalized spacial score (nSPS) is 19.9. The van der Waals surface area contributed by atoms with Crippen LogP contribution in [0.5, 0.6) is 0 Å². The first kappa shape index (κ1) is 14.8. The lowest BCUT2D eigenvalue weighted by Gasteiger charge is -2.21. The van der Waals surface area contributed by atoms with Crippen molar-refractivity contribution in [1.82, 2.24) is 9.80 Å². The predicted octanol–water partition coefficient (Wildman–Crippen LogP) is 1.60. The first-order valence-electron chi connectivity index (χ1n) is 7.48. The summed E-state index contributed by atoms with van der Waals surface area (Å²) in [5, 5.41) is 10.2. The SMILES string of the molecule is O=C(c1ccoc1)N1CCN(Cc2ccccc2)CC(O)C1. The van der Waals surface area contributed by atoms with E-state index in [2.05, 4.69) is 17.0 Å². The summed E-state index contributed by atoms with van der Waals surface area (Å²) < 4.78 is 4.96. The zero-order valence-electron chi connectivity index (χ0n) is 12.4. The van der Waals surface area contributed by atoms with Crippen molar-refractivity contribution in [1.29, 1.82) is 0 Å². The number of hydrogen-bond acceptors (Lipinski definition) is 4. The van der Waals surface area contributed by atoms with Crippen molar-refractivity contribution in [2.24, 2.45) is 0 Å². The van der Waals surface area contributed by atoms with Gasteiger partial charge in [-0.15, -0.1) is 0 Å². The van der Waals surface area contributed by atoms with Crippen LogP contribution in [0.15, 0.2) is 53.3 Å². The van der Waals surface area contributed by atoms with E-state index in [4.69, 9.17) is 4.42 Å². The number of aliphatic hydroxyl groups is 1. The summed E-state index contributed by atoms with van der Waals surface area (Å²) in [5.41, 5.74) is 1.74. The summed E-state index contributed by atoms with van der Waals surface area (Å²) in [6.07, 6.45) is 2.40. The van der Waals surface area contributed by atoms with E-state index in [0.717, 1.165) is 13.1 Å². The molecule has 0 bridgehead atoms. The Morgan fingerprint density at radius 3 is 2.73 bits per heavy atom. The number of β-amino-alcohol motifs (C(OH)–C–C–N with tert-alkyl or cyclic N) is 1. The van der Waals surface area contributed by atoms with Crippen LogP contribution in [0, 0.1) is 0 Å². The van der Waals surface area contributed by atoms with Gasteiger partial charge in [0.15, 0.2) is 0 Å². The maximum Gasteiger partial charge on any atom is 0.257 e. The van der Waals surface area contributed by atoms with Crippen LogP contribution in [0.1, 0.15) is 15.9 Å². The van der Waals surface area contributed by atoms with E-state index in [1.165, 1.54) is 18.1 Å². The molecule has 5 nitrogen and oxygen atoms in total. The lowest BCUT2D eigenvalue weighted by molar-refractivity contribution is 0.0662. The van der Waals surface area contributed by atoms with Crippen LogP contribution in [0.3, 0.4) is 0 Å². The van der Waals surface area contributed by atoms with E-state index >= 15 is 0 Å². The molecule has 1 fully saturated rings. The molecule has 22 heavy (non-hydrogen) atoms. The van der Waals surface area contributed by atoms with Gasteiger partial charge in [-0.25, -0.2) is 0 Å². The minimum Gasteiger partial charge on any atom is -0.472 e. The number of nitrogens with zero attached hydrogens (tertiary/aromatic N) is 2. The molecule has 1 amide bonds. The van der Waals surface area contributed by atoms with Crippen molar-refractivity contribution < 1.29 is 14.3 Å². The number of amides is 1.